The highest BCUT2D eigenvalue weighted by atomic mass is 16.6. The molecule has 12 heavy (non-hydrogen) atoms. The minimum Gasteiger partial charge on any atom is -0.305 e. The molecule has 0 aromatic carbocycles. The Bertz CT molecular complexity index is 161. The monoisotopic (exact) mass is 174 g/mol. The van der Waals surface area contributed by atoms with Gasteiger partial charge < -0.3 is 4.84 Å². The van der Waals surface area contributed by atoms with E-state index >= 15 is 0 Å². The predicted molar refractivity (Wildman–Crippen MR) is 43.2 cm³/mol. The van der Waals surface area contributed by atoms with Crippen LogP contribution in [0.2, 0.25) is 0 Å². The molecule has 1 N–H and O–H groups in total. The van der Waals surface area contributed by atoms with Crippen molar-refractivity contribution >= 4 is 0 Å². The molecule has 2 unspecified atom stereocenters. The molecule has 0 spiro atoms. The molecule has 0 radical (unpaired) electrons. The molecule has 2 atom stereocenters. The number of nitro groups is 1. The maximum absolute atomic E-state index is 10.5. The topological polar surface area (TPSA) is 64.4 Å². The van der Waals surface area contributed by atoms with E-state index in [2.05, 4.69) is 5.48 Å². The fourth-order valence-corrected chi connectivity index (χ4v) is 1.65. The number of hydrogen-bond donors (Lipinski definition) is 1. The zero-order valence-electron chi connectivity index (χ0n) is 7.16. The van der Waals surface area contributed by atoms with Gasteiger partial charge in [0.1, 0.15) is 0 Å². The maximum Gasteiger partial charge on any atom is 0.230 e. The van der Waals surface area contributed by atoms with Gasteiger partial charge in [-0.3, -0.25) is 10.1 Å². The molecular weight excluding hydrogens is 160 g/mol. The van der Waals surface area contributed by atoms with E-state index < -0.39 is 6.04 Å². The summed E-state index contributed by atoms with van der Waals surface area (Å²) in [6, 6.07) is -0.586. The molecule has 5 nitrogen and oxygen atoms in total. The van der Waals surface area contributed by atoms with Crippen molar-refractivity contribution in [1.29, 1.82) is 0 Å². The fraction of sp³-hybridized carbons (Fsp3) is 1.00. The third-order valence-corrected chi connectivity index (χ3v) is 2.27. The van der Waals surface area contributed by atoms with Crippen LogP contribution in [0.25, 0.3) is 0 Å². The van der Waals surface area contributed by atoms with Crippen LogP contribution in [0.1, 0.15) is 25.7 Å². The van der Waals surface area contributed by atoms with Crippen LogP contribution in [0.15, 0.2) is 0 Å². The Morgan fingerprint density at radius 2 is 2.17 bits per heavy atom. The van der Waals surface area contributed by atoms with Crippen molar-refractivity contribution < 1.29 is 9.76 Å². The third kappa shape index (κ3) is 2.15. The molecular formula is C7H14N2O3. The van der Waals surface area contributed by atoms with Crippen LogP contribution >= 0.6 is 0 Å². The van der Waals surface area contributed by atoms with Gasteiger partial charge in [0, 0.05) is 11.3 Å². The standard InChI is InChI=1S/C7H14N2O3/c1-12-8-6-4-2-3-5-7(6)9(10)11/h6-8H,2-5H2,1H3. The summed E-state index contributed by atoms with van der Waals surface area (Å²) in [5, 5.41) is 10.5. The molecule has 0 bridgehead atoms. The van der Waals surface area contributed by atoms with Gasteiger partial charge >= 0.3 is 0 Å². The van der Waals surface area contributed by atoms with Gasteiger partial charge in [-0.2, -0.15) is 5.48 Å². The third-order valence-electron chi connectivity index (χ3n) is 2.27. The zero-order chi connectivity index (χ0) is 8.97. The Morgan fingerprint density at radius 1 is 1.50 bits per heavy atom. The quantitative estimate of drug-likeness (QED) is 0.506. The first-order valence-electron chi connectivity index (χ1n) is 4.17. The molecule has 0 aromatic rings. The molecule has 1 aliphatic rings. The lowest BCUT2D eigenvalue weighted by molar-refractivity contribution is -0.532. The summed E-state index contributed by atoms with van der Waals surface area (Å²) in [6.07, 6.45) is 3.49. The summed E-state index contributed by atoms with van der Waals surface area (Å²) in [5.41, 5.74) is 2.67. The molecule has 5 heteroatoms. The number of nitrogens with zero attached hydrogens (tertiary/aromatic N) is 1. The summed E-state index contributed by atoms with van der Waals surface area (Å²) >= 11 is 0. The summed E-state index contributed by atoms with van der Waals surface area (Å²) in [5.74, 6) is 0. The van der Waals surface area contributed by atoms with Crippen LogP contribution in [0.5, 0.6) is 0 Å². The van der Waals surface area contributed by atoms with Crippen molar-refractivity contribution in [3.05, 3.63) is 10.1 Å². The molecule has 1 aliphatic carbocycles. The SMILES string of the molecule is CONC1CCCCC1[N+](=O)[O-]. The highest BCUT2D eigenvalue weighted by Gasteiger charge is 2.33. The lowest BCUT2D eigenvalue weighted by Gasteiger charge is -2.24. The molecule has 0 saturated heterocycles. The van der Waals surface area contributed by atoms with E-state index in [0.717, 1.165) is 19.3 Å². The Balaban J connectivity index is 2.48. The van der Waals surface area contributed by atoms with E-state index in [-0.39, 0.29) is 11.0 Å². The number of nitrogens with one attached hydrogen (secondary N) is 1. The summed E-state index contributed by atoms with van der Waals surface area (Å²) in [7, 11) is 1.49. The number of rotatable bonds is 3. The second-order valence-electron chi connectivity index (χ2n) is 3.07. The van der Waals surface area contributed by atoms with Crippen LogP contribution in [0.4, 0.5) is 0 Å². The van der Waals surface area contributed by atoms with Crippen LogP contribution < -0.4 is 5.48 Å². The Labute approximate surface area is 71.2 Å². The van der Waals surface area contributed by atoms with Gasteiger partial charge in [0.25, 0.3) is 0 Å². The summed E-state index contributed by atoms with van der Waals surface area (Å²) in [6.45, 7) is 0. The van der Waals surface area contributed by atoms with Crippen LogP contribution in [-0.2, 0) is 4.84 Å². The van der Waals surface area contributed by atoms with Crippen LogP contribution in [0.3, 0.4) is 0 Å². The normalized spacial score (nSPS) is 30.1. The van der Waals surface area contributed by atoms with Crippen molar-refractivity contribution in [2.24, 2.45) is 0 Å². The minimum atomic E-state index is -0.473. The molecule has 0 aliphatic heterocycles. The Morgan fingerprint density at radius 3 is 2.75 bits per heavy atom. The molecule has 1 saturated carbocycles. The van der Waals surface area contributed by atoms with Gasteiger partial charge in [-0.05, 0) is 12.8 Å². The second-order valence-corrected chi connectivity index (χ2v) is 3.07. The van der Waals surface area contributed by atoms with Gasteiger partial charge in [0.15, 0.2) is 0 Å². The van der Waals surface area contributed by atoms with Gasteiger partial charge in [0.2, 0.25) is 6.04 Å². The molecule has 0 amide bonds. The van der Waals surface area contributed by atoms with E-state index in [0.29, 0.717) is 6.42 Å². The first-order valence-corrected chi connectivity index (χ1v) is 4.17. The first kappa shape index (κ1) is 9.41. The average Bonchev–Trinajstić information content (AvgIpc) is 2.05. The average molecular weight is 174 g/mol. The van der Waals surface area contributed by atoms with Crippen LogP contribution in [-0.4, -0.2) is 24.1 Å². The minimum absolute atomic E-state index is 0.112. The van der Waals surface area contributed by atoms with Gasteiger partial charge in [-0.15, -0.1) is 0 Å². The molecule has 1 rings (SSSR count). The van der Waals surface area contributed by atoms with Gasteiger partial charge in [-0.1, -0.05) is 6.42 Å². The largest absolute Gasteiger partial charge is 0.305 e. The first-order chi connectivity index (χ1) is 5.75. The molecule has 70 valence electrons. The molecule has 0 heterocycles. The summed E-state index contributed by atoms with van der Waals surface area (Å²) < 4.78 is 0. The summed E-state index contributed by atoms with van der Waals surface area (Å²) in [4.78, 5) is 15.0. The number of hydrogen-bond acceptors (Lipinski definition) is 4. The fourth-order valence-electron chi connectivity index (χ4n) is 1.65. The van der Waals surface area contributed by atoms with E-state index in [1.165, 1.54) is 7.11 Å². The lowest BCUT2D eigenvalue weighted by Crippen LogP contribution is -2.45. The predicted octanol–water partition coefficient (Wildman–Crippen LogP) is 0.725. The highest BCUT2D eigenvalue weighted by molar-refractivity contribution is 4.78. The van der Waals surface area contributed by atoms with Crippen molar-refractivity contribution in [3.8, 4) is 0 Å². The number of hydroxylamine groups is 1. The Hall–Kier alpha value is -0.680. The van der Waals surface area contributed by atoms with E-state index in [4.69, 9.17) is 4.84 Å². The van der Waals surface area contributed by atoms with E-state index in [1.807, 2.05) is 0 Å². The van der Waals surface area contributed by atoms with Crippen LogP contribution in [0, 0.1) is 10.1 Å². The van der Waals surface area contributed by atoms with Crippen molar-refractivity contribution in [2.45, 2.75) is 37.8 Å². The Kier molecular flexibility index (Phi) is 3.43. The molecule has 1 fully saturated rings. The maximum atomic E-state index is 10.5. The van der Waals surface area contributed by atoms with E-state index in [9.17, 15) is 10.1 Å². The smallest absolute Gasteiger partial charge is 0.230 e. The van der Waals surface area contributed by atoms with Gasteiger partial charge in [0.05, 0.1) is 13.2 Å². The molecule has 0 aromatic heterocycles. The van der Waals surface area contributed by atoms with Gasteiger partial charge in [-0.25, -0.2) is 0 Å². The zero-order valence-corrected chi connectivity index (χ0v) is 7.16. The highest BCUT2D eigenvalue weighted by Crippen LogP contribution is 2.20. The second kappa shape index (κ2) is 4.37. The van der Waals surface area contributed by atoms with Crippen molar-refractivity contribution in [3.63, 3.8) is 0 Å². The lowest BCUT2D eigenvalue weighted by atomic mass is 9.91. The van der Waals surface area contributed by atoms with E-state index in [1.54, 1.807) is 0 Å². The van der Waals surface area contributed by atoms with Crippen molar-refractivity contribution in [2.75, 3.05) is 7.11 Å². The van der Waals surface area contributed by atoms with Crippen molar-refractivity contribution in [1.82, 2.24) is 5.48 Å².